The molecule has 1 aromatic rings. The van der Waals surface area contributed by atoms with E-state index in [-0.39, 0.29) is 5.82 Å². The van der Waals surface area contributed by atoms with Crippen molar-refractivity contribution in [2.75, 3.05) is 12.4 Å². The molecule has 15 heavy (non-hydrogen) atoms. The molecule has 1 N–H and O–H groups in total. The van der Waals surface area contributed by atoms with E-state index in [1.165, 1.54) is 0 Å². The zero-order chi connectivity index (χ0) is 10.8. The Morgan fingerprint density at radius 3 is 2.73 bits per heavy atom. The highest BCUT2D eigenvalue weighted by molar-refractivity contribution is 5.46. The van der Waals surface area contributed by atoms with Crippen molar-refractivity contribution in [1.82, 2.24) is 0 Å². The molecule has 3 heteroatoms. The molecule has 0 aromatic heterocycles. The summed E-state index contributed by atoms with van der Waals surface area (Å²) in [5.41, 5.74) is 1.54. The van der Waals surface area contributed by atoms with Gasteiger partial charge in [-0.2, -0.15) is 0 Å². The summed E-state index contributed by atoms with van der Waals surface area (Å²) in [6.07, 6.45) is 2.38. The van der Waals surface area contributed by atoms with Crippen LogP contribution in [0.3, 0.4) is 0 Å². The molecule has 1 aromatic carbocycles. The van der Waals surface area contributed by atoms with Gasteiger partial charge in [0.2, 0.25) is 0 Å². The van der Waals surface area contributed by atoms with Crippen LogP contribution in [0.1, 0.15) is 18.4 Å². The molecule has 0 saturated heterocycles. The van der Waals surface area contributed by atoms with Crippen LogP contribution >= 0.6 is 0 Å². The van der Waals surface area contributed by atoms with Gasteiger partial charge in [0.15, 0.2) is 0 Å². The second kappa shape index (κ2) is 4.19. The molecule has 0 heterocycles. The lowest BCUT2D eigenvalue weighted by Gasteiger charge is -2.35. The molecule has 1 fully saturated rings. The molecule has 0 bridgehead atoms. The number of anilines is 1. The largest absolute Gasteiger partial charge is 0.382 e. The maximum Gasteiger partial charge on any atom is 0.128 e. The van der Waals surface area contributed by atoms with Gasteiger partial charge in [-0.3, -0.25) is 0 Å². The highest BCUT2D eigenvalue weighted by Crippen LogP contribution is 2.26. The third kappa shape index (κ3) is 2.29. The molecule has 1 aliphatic carbocycles. The Balaban J connectivity index is 1.92. The van der Waals surface area contributed by atoms with Crippen molar-refractivity contribution in [3.05, 3.63) is 29.6 Å². The fourth-order valence-corrected chi connectivity index (χ4v) is 1.79. The Kier molecular flexibility index (Phi) is 2.91. The quantitative estimate of drug-likeness (QED) is 0.826. The minimum Gasteiger partial charge on any atom is -0.382 e. The minimum atomic E-state index is -0.150. The molecule has 0 aliphatic heterocycles. The number of nitrogens with one attached hydrogen (secondary N) is 1. The van der Waals surface area contributed by atoms with Gasteiger partial charge in [0.1, 0.15) is 5.82 Å². The van der Waals surface area contributed by atoms with E-state index in [0.717, 1.165) is 18.5 Å². The number of halogens is 1. The first kappa shape index (κ1) is 10.4. The molecular weight excluding hydrogens is 193 g/mol. The second-order valence-electron chi connectivity index (χ2n) is 4.13. The summed E-state index contributed by atoms with van der Waals surface area (Å²) < 4.78 is 18.4. The number of hydrogen-bond acceptors (Lipinski definition) is 2. The third-order valence-electron chi connectivity index (χ3n) is 2.97. The third-order valence-corrected chi connectivity index (χ3v) is 2.97. The molecule has 2 nitrogen and oxygen atoms in total. The summed E-state index contributed by atoms with van der Waals surface area (Å²) >= 11 is 0. The summed E-state index contributed by atoms with van der Waals surface area (Å²) in [7, 11) is 1.73. The minimum absolute atomic E-state index is 0.150. The summed E-state index contributed by atoms with van der Waals surface area (Å²) in [5.74, 6) is -0.150. The smallest absolute Gasteiger partial charge is 0.128 e. The molecular formula is C12H16FNO. The van der Waals surface area contributed by atoms with Crippen molar-refractivity contribution in [2.45, 2.75) is 31.9 Å². The predicted octanol–water partition coefficient (Wildman–Crippen LogP) is 2.72. The molecule has 1 aliphatic rings. The van der Waals surface area contributed by atoms with Gasteiger partial charge in [-0.05, 0) is 37.5 Å². The van der Waals surface area contributed by atoms with Gasteiger partial charge in [-0.25, -0.2) is 4.39 Å². The number of hydrogen-bond donors (Lipinski definition) is 1. The Labute approximate surface area is 89.4 Å². The van der Waals surface area contributed by atoms with E-state index in [2.05, 4.69) is 5.32 Å². The number of aryl methyl sites for hydroxylation is 1. The highest BCUT2D eigenvalue weighted by Gasteiger charge is 2.28. The maximum absolute atomic E-state index is 13.2. The lowest BCUT2D eigenvalue weighted by Crippen LogP contribution is -2.40. The second-order valence-corrected chi connectivity index (χ2v) is 4.13. The lowest BCUT2D eigenvalue weighted by molar-refractivity contribution is 0.0328. The molecule has 0 amide bonds. The molecule has 0 atom stereocenters. The fourth-order valence-electron chi connectivity index (χ4n) is 1.79. The summed E-state index contributed by atoms with van der Waals surface area (Å²) in [6.45, 7) is 1.77. The molecule has 2 rings (SSSR count). The van der Waals surface area contributed by atoms with Crippen LogP contribution < -0.4 is 5.32 Å². The van der Waals surface area contributed by atoms with Crippen LogP contribution in [0.4, 0.5) is 10.1 Å². The van der Waals surface area contributed by atoms with Gasteiger partial charge < -0.3 is 10.1 Å². The number of benzene rings is 1. The van der Waals surface area contributed by atoms with Gasteiger partial charge in [-0.15, -0.1) is 0 Å². The Morgan fingerprint density at radius 2 is 2.13 bits per heavy atom. The number of rotatable bonds is 3. The van der Waals surface area contributed by atoms with E-state index in [4.69, 9.17) is 4.74 Å². The van der Waals surface area contributed by atoms with Crippen molar-refractivity contribution in [3.8, 4) is 0 Å². The zero-order valence-electron chi connectivity index (χ0n) is 9.09. The van der Waals surface area contributed by atoms with Crippen LogP contribution in [0, 0.1) is 12.7 Å². The monoisotopic (exact) mass is 209 g/mol. The highest BCUT2D eigenvalue weighted by atomic mass is 19.1. The lowest BCUT2D eigenvalue weighted by atomic mass is 9.89. The molecule has 1 saturated carbocycles. The molecule has 0 unspecified atom stereocenters. The van der Waals surface area contributed by atoms with Crippen LogP contribution in [0.5, 0.6) is 0 Å². The van der Waals surface area contributed by atoms with E-state index in [1.807, 2.05) is 6.07 Å². The predicted molar refractivity (Wildman–Crippen MR) is 58.6 cm³/mol. The van der Waals surface area contributed by atoms with Gasteiger partial charge in [-0.1, -0.05) is 6.07 Å². The van der Waals surface area contributed by atoms with E-state index >= 15 is 0 Å². The normalized spacial score (nSPS) is 24.7. The van der Waals surface area contributed by atoms with Crippen molar-refractivity contribution >= 4 is 5.69 Å². The van der Waals surface area contributed by atoms with Crippen LogP contribution in [0.25, 0.3) is 0 Å². The van der Waals surface area contributed by atoms with E-state index in [0.29, 0.717) is 17.7 Å². The average molecular weight is 209 g/mol. The summed E-state index contributed by atoms with van der Waals surface area (Å²) in [4.78, 5) is 0. The molecule has 0 radical (unpaired) electrons. The van der Waals surface area contributed by atoms with Crippen molar-refractivity contribution in [3.63, 3.8) is 0 Å². The SMILES string of the molecule is COC1CC(Nc2ccc(C)c(F)c2)C1. The van der Waals surface area contributed by atoms with Gasteiger partial charge in [0, 0.05) is 18.8 Å². The first-order valence-electron chi connectivity index (χ1n) is 5.24. The first-order valence-corrected chi connectivity index (χ1v) is 5.24. The van der Waals surface area contributed by atoms with Crippen LogP contribution in [-0.4, -0.2) is 19.3 Å². The van der Waals surface area contributed by atoms with E-state index in [1.54, 1.807) is 26.2 Å². The summed E-state index contributed by atoms with van der Waals surface area (Å²) in [6, 6.07) is 5.69. The van der Waals surface area contributed by atoms with E-state index in [9.17, 15) is 4.39 Å². The fraction of sp³-hybridized carbons (Fsp3) is 0.500. The first-order chi connectivity index (χ1) is 7.19. The average Bonchev–Trinajstić information content (AvgIpc) is 2.16. The zero-order valence-corrected chi connectivity index (χ0v) is 9.09. The van der Waals surface area contributed by atoms with Crippen LogP contribution in [0.15, 0.2) is 18.2 Å². The van der Waals surface area contributed by atoms with Gasteiger partial charge >= 0.3 is 0 Å². The Hall–Kier alpha value is -1.09. The van der Waals surface area contributed by atoms with Crippen LogP contribution in [-0.2, 0) is 4.74 Å². The standard InChI is InChI=1S/C12H16FNO/c1-8-3-4-9(7-12(8)13)14-10-5-11(6-10)15-2/h3-4,7,10-11,14H,5-6H2,1-2H3. The maximum atomic E-state index is 13.2. The van der Waals surface area contributed by atoms with E-state index < -0.39 is 0 Å². The van der Waals surface area contributed by atoms with Gasteiger partial charge in [0.05, 0.1) is 6.10 Å². The van der Waals surface area contributed by atoms with Crippen molar-refractivity contribution < 1.29 is 9.13 Å². The number of ether oxygens (including phenoxy) is 1. The Morgan fingerprint density at radius 1 is 1.40 bits per heavy atom. The number of methoxy groups -OCH3 is 1. The topological polar surface area (TPSA) is 21.3 Å². The summed E-state index contributed by atoms with van der Waals surface area (Å²) in [5, 5.41) is 3.29. The molecule has 0 spiro atoms. The van der Waals surface area contributed by atoms with Crippen LogP contribution in [0.2, 0.25) is 0 Å². The van der Waals surface area contributed by atoms with Crippen molar-refractivity contribution in [1.29, 1.82) is 0 Å². The van der Waals surface area contributed by atoms with Crippen molar-refractivity contribution in [2.24, 2.45) is 0 Å². The van der Waals surface area contributed by atoms with Gasteiger partial charge in [0.25, 0.3) is 0 Å². The molecule has 82 valence electrons. The Bertz CT molecular complexity index is 347.